The molecule has 0 unspecified atom stereocenters. The van der Waals surface area contributed by atoms with Crippen molar-refractivity contribution in [3.05, 3.63) is 14.4 Å². The van der Waals surface area contributed by atoms with E-state index in [1.165, 1.54) is 10.9 Å². The number of carbonyl (C=O) groups excluding carboxylic acids is 1. The Kier molecular flexibility index (Phi) is 2.18. The molecular formula is C9H10NO2Se-. The van der Waals surface area contributed by atoms with E-state index in [1.807, 2.05) is 0 Å². The zero-order valence-electron chi connectivity index (χ0n) is 7.13. The Morgan fingerprint density at radius 1 is 1.38 bits per heavy atom. The number of hydrogen-bond donors (Lipinski definition) is 1. The maximum atomic E-state index is 10.7. The molecule has 3 nitrogen and oxygen atoms in total. The summed E-state index contributed by atoms with van der Waals surface area (Å²) >= 11 is -0.0569. The fourth-order valence-corrected chi connectivity index (χ4v) is 4.14. The van der Waals surface area contributed by atoms with Gasteiger partial charge in [-0.25, -0.2) is 0 Å². The van der Waals surface area contributed by atoms with Crippen LogP contribution >= 0.6 is 0 Å². The molecular weight excluding hydrogens is 233 g/mol. The standard InChI is InChI=1S/C9H11NO2Se/c10-7-5-3-1-2-4-6(5)13-8(7)9(11)12/h1-4,10H2,(H,11,12)/p-1. The van der Waals surface area contributed by atoms with E-state index in [0.717, 1.165) is 24.8 Å². The van der Waals surface area contributed by atoms with Crippen LogP contribution in [0.4, 0.5) is 5.69 Å². The summed E-state index contributed by atoms with van der Waals surface area (Å²) in [5, 5.41) is 10.7. The molecule has 0 radical (unpaired) electrons. The van der Waals surface area contributed by atoms with Crippen molar-refractivity contribution < 1.29 is 9.90 Å². The van der Waals surface area contributed by atoms with Crippen molar-refractivity contribution in [1.82, 2.24) is 0 Å². The molecule has 0 atom stereocenters. The topological polar surface area (TPSA) is 66.2 Å². The number of rotatable bonds is 1. The Hall–Kier alpha value is -0.731. The Bertz CT molecular complexity index is 357. The second-order valence-electron chi connectivity index (χ2n) is 3.24. The van der Waals surface area contributed by atoms with E-state index in [4.69, 9.17) is 5.73 Å². The summed E-state index contributed by atoms with van der Waals surface area (Å²) in [6.45, 7) is 0. The molecule has 0 spiro atoms. The van der Waals surface area contributed by atoms with Crippen LogP contribution in [0.15, 0.2) is 0 Å². The third-order valence-corrected chi connectivity index (χ3v) is 5.10. The first-order valence-electron chi connectivity index (χ1n) is 4.31. The molecule has 0 aromatic carbocycles. The van der Waals surface area contributed by atoms with Crippen molar-refractivity contribution in [2.24, 2.45) is 0 Å². The zero-order chi connectivity index (χ0) is 9.42. The fourth-order valence-electron chi connectivity index (χ4n) is 1.74. The molecule has 1 aromatic heterocycles. The predicted octanol–water partition coefficient (Wildman–Crippen LogP) is -0.432. The van der Waals surface area contributed by atoms with Crippen LogP contribution in [-0.4, -0.2) is 20.5 Å². The monoisotopic (exact) mass is 244 g/mol. The number of carbonyl (C=O) groups is 1. The third-order valence-electron chi connectivity index (χ3n) is 2.40. The van der Waals surface area contributed by atoms with Gasteiger partial charge in [0.2, 0.25) is 0 Å². The zero-order valence-corrected chi connectivity index (χ0v) is 8.84. The van der Waals surface area contributed by atoms with Gasteiger partial charge in [0.05, 0.1) is 0 Å². The van der Waals surface area contributed by atoms with Crippen LogP contribution in [0, 0.1) is 0 Å². The minimum absolute atomic E-state index is 0.0569. The molecule has 0 bridgehead atoms. The summed E-state index contributed by atoms with van der Waals surface area (Å²) < 4.78 is 1.65. The predicted molar refractivity (Wildman–Crippen MR) is 48.8 cm³/mol. The number of fused-ring (bicyclic) bond motifs is 1. The van der Waals surface area contributed by atoms with Crippen molar-refractivity contribution in [2.75, 3.05) is 5.73 Å². The first-order chi connectivity index (χ1) is 6.20. The van der Waals surface area contributed by atoms with Gasteiger partial charge in [-0.15, -0.1) is 0 Å². The number of hydrogen-bond acceptors (Lipinski definition) is 3. The number of carboxylic acid groups (broad SMARTS) is 1. The fraction of sp³-hybridized carbons (Fsp3) is 0.444. The van der Waals surface area contributed by atoms with E-state index in [1.54, 1.807) is 0 Å². The molecule has 0 fully saturated rings. The Morgan fingerprint density at radius 3 is 2.69 bits per heavy atom. The van der Waals surface area contributed by atoms with Crippen LogP contribution in [0.2, 0.25) is 0 Å². The molecule has 1 aliphatic rings. The number of anilines is 1. The van der Waals surface area contributed by atoms with E-state index >= 15 is 0 Å². The van der Waals surface area contributed by atoms with E-state index < -0.39 is 5.97 Å². The Labute approximate surface area is 82.3 Å². The molecule has 2 N–H and O–H groups in total. The van der Waals surface area contributed by atoms with Crippen molar-refractivity contribution in [1.29, 1.82) is 0 Å². The van der Waals surface area contributed by atoms with E-state index in [9.17, 15) is 9.90 Å². The molecule has 4 heteroatoms. The van der Waals surface area contributed by atoms with Crippen molar-refractivity contribution in [3.63, 3.8) is 0 Å². The molecule has 1 heterocycles. The summed E-state index contributed by atoms with van der Waals surface area (Å²) in [4.78, 5) is 10.7. The first-order valence-corrected chi connectivity index (χ1v) is 6.03. The average Bonchev–Trinajstić information content (AvgIpc) is 2.45. The van der Waals surface area contributed by atoms with Gasteiger partial charge in [-0.3, -0.25) is 0 Å². The number of nitrogen functional groups attached to an aromatic ring is 1. The van der Waals surface area contributed by atoms with Gasteiger partial charge in [-0.1, -0.05) is 0 Å². The van der Waals surface area contributed by atoms with Gasteiger partial charge in [0.25, 0.3) is 0 Å². The first kappa shape index (κ1) is 8.85. The van der Waals surface area contributed by atoms with Crippen molar-refractivity contribution in [2.45, 2.75) is 25.7 Å². The van der Waals surface area contributed by atoms with Gasteiger partial charge in [0.1, 0.15) is 0 Å². The molecule has 1 aromatic rings. The van der Waals surface area contributed by atoms with Gasteiger partial charge in [0.15, 0.2) is 0 Å². The maximum absolute atomic E-state index is 10.7. The normalized spacial score (nSPS) is 15.4. The second kappa shape index (κ2) is 3.20. The number of carboxylic acids is 1. The molecule has 13 heavy (non-hydrogen) atoms. The SMILES string of the molecule is Nc1c(C(=O)[O-])[se]c2c1CCCC2. The molecule has 0 saturated heterocycles. The minimum atomic E-state index is -1.08. The van der Waals surface area contributed by atoms with Gasteiger partial charge in [-0.05, 0) is 0 Å². The van der Waals surface area contributed by atoms with Gasteiger partial charge >= 0.3 is 81.9 Å². The molecule has 70 valence electrons. The summed E-state index contributed by atoms with van der Waals surface area (Å²) in [6, 6.07) is 0. The molecule has 0 saturated carbocycles. The average molecular weight is 243 g/mol. The summed E-state index contributed by atoms with van der Waals surface area (Å²) in [5.74, 6) is -1.08. The molecule has 1 aliphatic carbocycles. The van der Waals surface area contributed by atoms with Gasteiger partial charge in [-0.2, -0.15) is 0 Å². The summed E-state index contributed by atoms with van der Waals surface area (Å²) in [7, 11) is 0. The van der Waals surface area contributed by atoms with Crippen LogP contribution < -0.4 is 10.8 Å². The van der Waals surface area contributed by atoms with Gasteiger partial charge in [0, 0.05) is 0 Å². The van der Waals surface area contributed by atoms with Crippen LogP contribution in [0.5, 0.6) is 0 Å². The van der Waals surface area contributed by atoms with Crippen LogP contribution in [-0.2, 0) is 12.8 Å². The third kappa shape index (κ3) is 1.40. The number of aromatic carboxylic acids is 1. The van der Waals surface area contributed by atoms with E-state index in [0.29, 0.717) is 10.1 Å². The van der Waals surface area contributed by atoms with Crippen molar-refractivity contribution in [3.8, 4) is 0 Å². The van der Waals surface area contributed by atoms with E-state index in [-0.39, 0.29) is 14.5 Å². The van der Waals surface area contributed by atoms with Crippen LogP contribution in [0.3, 0.4) is 0 Å². The van der Waals surface area contributed by atoms with Crippen LogP contribution in [0.25, 0.3) is 0 Å². The van der Waals surface area contributed by atoms with Gasteiger partial charge < -0.3 is 0 Å². The summed E-state index contributed by atoms with van der Waals surface area (Å²) in [5.41, 5.74) is 7.38. The Morgan fingerprint density at radius 2 is 2.08 bits per heavy atom. The molecule has 0 amide bonds. The number of aryl methyl sites for hydroxylation is 1. The molecule has 0 aliphatic heterocycles. The second-order valence-corrected chi connectivity index (χ2v) is 5.56. The van der Waals surface area contributed by atoms with Crippen LogP contribution in [0.1, 0.15) is 32.1 Å². The van der Waals surface area contributed by atoms with E-state index in [2.05, 4.69) is 0 Å². The number of nitrogens with two attached hydrogens (primary N) is 1. The quantitative estimate of drug-likeness (QED) is 0.680. The Balaban J connectivity index is 2.50. The van der Waals surface area contributed by atoms with Crippen molar-refractivity contribution >= 4 is 26.2 Å². The summed E-state index contributed by atoms with van der Waals surface area (Å²) in [6.07, 6.45) is 4.30. The molecule has 2 rings (SSSR count).